The van der Waals surface area contributed by atoms with E-state index >= 15 is 0 Å². The Kier molecular flexibility index (Phi) is 4.39. The number of hydrogen-bond acceptors (Lipinski definition) is 4. The SMILES string of the molecule is CC1(C)OB(c2ccc(-c3c[nH]c(C4CCCN4C=O)n3)cc2)OC1(C)C. The van der Waals surface area contributed by atoms with Gasteiger partial charge in [0, 0.05) is 18.3 Å². The van der Waals surface area contributed by atoms with Crippen molar-refractivity contribution >= 4 is 19.0 Å². The van der Waals surface area contributed by atoms with Crippen LogP contribution in [0.15, 0.2) is 30.5 Å². The monoisotopic (exact) mass is 367 g/mol. The number of amides is 1. The van der Waals surface area contributed by atoms with E-state index in [1.807, 2.05) is 35.4 Å². The lowest BCUT2D eigenvalue weighted by Crippen LogP contribution is -2.41. The molecule has 1 aromatic carbocycles. The van der Waals surface area contributed by atoms with Gasteiger partial charge in [-0.05, 0) is 46.0 Å². The Morgan fingerprint density at radius 3 is 2.48 bits per heavy atom. The van der Waals surface area contributed by atoms with Gasteiger partial charge in [-0.25, -0.2) is 4.98 Å². The summed E-state index contributed by atoms with van der Waals surface area (Å²) in [7, 11) is -0.363. The van der Waals surface area contributed by atoms with Gasteiger partial charge in [0.1, 0.15) is 5.82 Å². The first kappa shape index (κ1) is 18.3. The van der Waals surface area contributed by atoms with Crippen LogP contribution < -0.4 is 5.46 Å². The lowest BCUT2D eigenvalue weighted by molar-refractivity contribution is -0.119. The number of nitrogens with zero attached hydrogens (tertiary/aromatic N) is 2. The molecule has 2 aliphatic heterocycles. The molecule has 27 heavy (non-hydrogen) atoms. The molecular formula is C20H26BN3O3. The molecule has 0 radical (unpaired) electrons. The third-order valence-corrected chi connectivity index (χ3v) is 6.07. The van der Waals surface area contributed by atoms with Crippen molar-refractivity contribution in [3.8, 4) is 11.3 Å². The Labute approximate surface area is 160 Å². The van der Waals surface area contributed by atoms with Crippen LogP contribution in [0.25, 0.3) is 11.3 Å². The van der Waals surface area contributed by atoms with E-state index in [0.717, 1.165) is 48.3 Å². The van der Waals surface area contributed by atoms with Crippen molar-refractivity contribution in [3.05, 3.63) is 36.3 Å². The fraction of sp³-hybridized carbons (Fsp3) is 0.500. The predicted molar refractivity (Wildman–Crippen MR) is 104 cm³/mol. The Balaban J connectivity index is 1.51. The molecule has 7 heteroatoms. The molecule has 4 rings (SSSR count). The predicted octanol–water partition coefficient (Wildman–Crippen LogP) is 2.67. The van der Waals surface area contributed by atoms with E-state index < -0.39 is 0 Å². The Morgan fingerprint density at radius 1 is 1.19 bits per heavy atom. The maximum Gasteiger partial charge on any atom is 0.494 e. The second-order valence-electron chi connectivity index (χ2n) is 8.38. The molecule has 2 fully saturated rings. The molecule has 1 amide bonds. The molecular weight excluding hydrogens is 341 g/mol. The maximum atomic E-state index is 11.2. The number of imidazole rings is 1. The topological polar surface area (TPSA) is 67.5 Å². The van der Waals surface area contributed by atoms with Crippen molar-refractivity contribution in [2.24, 2.45) is 0 Å². The molecule has 2 saturated heterocycles. The van der Waals surface area contributed by atoms with Crippen molar-refractivity contribution in [1.82, 2.24) is 14.9 Å². The first-order chi connectivity index (χ1) is 12.8. The van der Waals surface area contributed by atoms with E-state index in [1.54, 1.807) is 0 Å². The summed E-state index contributed by atoms with van der Waals surface area (Å²) < 4.78 is 12.2. The molecule has 0 aliphatic carbocycles. The van der Waals surface area contributed by atoms with Crippen LogP contribution in [-0.2, 0) is 14.1 Å². The number of H-pyrrole nitrogens is 1. The molecule has 6 nitrogen and oxygen atoms in total. The zero-order valence-corrected chi connectivity index (χ0v) is 16.4. The molecule has 2 aromatic rings. The van der Waals surface area contributed by atoms with Gasteiger partial charge in [0.25, 0.3) is 0 Å². The molecule has 0 bridgehead atoms. The molecule has 1 unspecified atom stereocenters. The van der Waals surface area contributed by atoms with Crippen LogP contribution in [0, 0.1) is 0 Å². The number of likely N-dealkylation sites (tertiary alicyclic amines) is 1. The van der Waals surface area contributed by atoms with Crippen molar-refractivity contribution < 1.29 is 14.1 Å². The highest BCUT2D eigenvalue weighted by Gasteiger charge is 2.51. The fourth-order valence-corrected chi connectivity index (χ4v) is 3.65. The average molecular weight is 367 g/mol. The van der Waals surface area contributed by atoms with Gasteiger partial charge in [-0.2, -0.15) is 0 Å². The van der Waals surface area contributed by atoms with Crippen LogP contribution in [0.3, 0.4) is 0 Å². The van der Waals surface area contributed by atoms with Gasteiger partial charge >= 0.3 is 7.12 Å². The number of benzene rings is 1. The minimum Gasteiger partial charge on any atom is -0.399 e. The van der Waals surface area contributed by atoms with E-state index in [-0.39, 0.29) is 24.4 Å². The third kappa shape index (κ3) is 3.19. The number of carbonyl (C=O) groups excluding carboxylic acids is 1. The molecule has 0 saturated carbocycles. The van der Waals surface area contributed by atoms with Gasteiger partial charge < -0.3 is 19.2 Å². The van der Waals surface area contributed by atoms with Crippen molar-refractivity contribution in [2.45, 2.75) is 57.8 Å². The highest BCUT2D eigenvalue weighted by atomic mass is 16.7. The van der Waals surface area contributed by atoms with E-state index in [2.05, 4.69) is 32.7 Å². The number of aromatic nitrogens is 2. The summed E-state index contributed by atoms with van der Waals surface area (Å²) >= 11 is 0. The second kappa shape index (κ2) is 6.50. The summed E-state index contributed by atoms with van der Waals surface area (Å²) in [5.41, 5.74) is 2.20. The minimum atomic E-state index is -0.363. The van der Waals surface area contributed by atoms with Gasteiger partial charge in [0.05, 0.1) is 22.9 Å². The first-order valence-corrected chi connectivity index (χ1v) is 9.53. The van der Waals surface area contributed by atoms with Gasteiger partial charge in [-0.3, -0.25) is 4.79 Å². The molecule has 0 spiro atoms. The molecule has 2 aliphatic rings. The fourth-order valence-electron chi connectivity index (χ4n) is 3.65. The average Bonchev–Trinajstić information content (AvgIpc) is 3.33. The Morgan fingerprint density at radius 2 is 1.85 bits per heavy atom. The van der Waals surface area contributed by atoms with Crippen LogP contribution in [0.2, 0.25) is 0 Å². The summed E-state index contributed by atoms with van der Waals surface area (Å²) in [6, 6.07) is 8.18. The Bertz CT molecular complexity index is 815. The standard InChI is InChI=1S/C20H26BN3O3/c1-19(2)20(3,4)27-21(26-19)15-9-7-14(8-10-15)16-12-22-18(23-16)17-6-5-11-24(17)13-25/h7-10,12-13,17H,5-6,11H2,1-4H3,(H,22,23). The summed E-state index contributed by atoms with van der Waals surface area (Å²) in [6.45, 7) is 9.01. The van der Waals surface area contributed by atoms with Crippen LogP contribution in [0.5, 0.6) is 0 Å². The van der Waals surface area contributed by atoms with Crippen LogP contribution in [0.4, 0.5) is 0 Å². The smallest absolute Gasteiger partial charge is 0.399 e. The number of rotatable bonds is 4. The van der Waals surface area contributed by atoms with Crippen LogP contribution >= 0.6 is 0 Å². The largest absolute Gasteiger partial charge is 0.494 e. The highest BCUT2D eigenvalue weighted by molar-refractivity contribution is 6.62. The molecule has 3 heterocycles. The summed E-state index contributed by atoms with van der Waals surface area (Å²) in [4.78, 5) is 20.9. The van der Waals surface area contributed by atoms with Crippen molar-refractivity contribution in [1.29, 1.82) is 0 Å². The maximum absolute atomic E-state index is 11.2. The van der Waals surface area contributed by atoms with Gasteiger partial charge in [-0.1, -0.05) is 24.3 Å². The third-order valence-electron chi connectivity index (χ3n) is 6.07. The molecule has 1 aromatic heterocycles. The van der Waals surface area contributed by atoms with E-state index in [9.17, 15) is 4.79 Å². The highest BCUT2D eigenvalue weighted by Crippen LogP contribution is 2.36. The van der Waals surface area contributed by atoms with Crippen molar-refractivity contribution in [3.63, 3.8) is 0 Å². The Hall–Kier alpha value is -2.12. The zero-order valence-electron chi connectivity index (χ0n) is 16.4. The summed E-state index contributed by atoms with van der Waals surface area (Å²) in [6.07, 6.45) is 4.79. The second-order valence-corrected chi connectivity index (χ2v) is 8.38. The van der Waals surface area contributed by atoms with Gasteiger partial charge in [0.15, 0.2) is 0 Å². The summed E-state index contributed by atoms with van der Waals surface area (Å²) in [5.74, 6) is 0.852. The molecule has 1 atom stereocenters. The molecule has 1 N–H and O–H groups in total. The summed E-state index contributed by atoms with van der Waals surface area (Å²) in [5, 5.41) is 0. The zero-order chi connectivity index (χ0) is 19.2. The van der Waals surface area contributed by atoms with Gasteiger partial charge in [0.2, 0.25) is 6.41 Å². The number of nitrogens with one attached hydrogen (secondary N) is 1. The van der Waals surface area contributed by atoms with Gasteiger partial charge in [-0.15, -0.1) is 0 Å². The lowest BCUT2D eigenvalue weighted by atomic mass is 9.79. The number of carbonyl (C=O) groups is 1. The number of hydrogen-bond donors (Lipinski definition) is 1. The van der Waals surface area contributed by atoms with E-state index in [4.69, 9.17) is 14.3 Å². The van der Waals surface area contributed by atoms with E-state index in [1.165, 1.54) is 0 Å². The van der Waals surface area contributed by atoms with E-state index in [0.29, 0.717) is 0 Å². The molecule has 142 valence electrons. The number of aromatic amines is 1. The van der Waals surface area contributed by atoms with Crippen LogP contribution in [0.1, 0.15) is 52.4 Å². The van der Waals surface area contributed by atoms with Crippen molar-refractivity contribution in [2.75, 3.05) is 6.54 Å². The minimum absolute atomic E-state index is 0.0558. The van der Waals surface area contributed by atoms with Crippen LogP contribution in [-0.4, -0.2) is 46.1 Å². The normalized spacial score (nSPS) is 23.8. The quantitative estimate of drug-likeness (QED) is 0.667. The lowest BCUT2D eigenvalue weighted by Gasteiger charge is -2.32. The first-order valence-electron chi connectivity index (χ1n) is 9.53.